The van der Waals surface area contributed by atoms with Crippen LogP contribution in [0.3, 0.4) is 0 Å². The molecule has 150 valence electrons. The molecule has 0 rings (SSSR count). The van der Waals surface area contributed by atoms with E-state index in [9.17, 15) is 4.79 Å². The van der Waals surface area contributed by atoms with E-state index in [0.717, 1.165) is 19.3 Å². The van der Waals surface area contributed by atoms with Crippen molar-refractivity contribution in [2.24, 2.45) is 0 Å². The molecule has 0 aromatic rings. The average Bonchev–Trinajstić information content (AvgIpc) is 2.61. The zero-order valence-electron chi connectivity index (χ0n) is 16.2. The molecule has 0 heterocycles. The van der Waals surface area contributed by atoms with Gasteiger partial charge in [-0.2, -0.15) is 4.89 Å². The van der Waals surface area contributed by atoms with Crippen LogP contribution < -0.4 is 0 Å². The zero-order chi connectivity index (χ0) is 18.6. The van der Waals surface area contributed by atoms with Gasteiger partial charge in [-0.1, -0.05) is 90.4 Å². The van der Waals surface area contributed by atoms with E-state index >= 15 is 0 Å². The van der Waals surface area contributed by atoms with Gasteiger partial charge < -0.3 is 10.2 Å². The highest BCUT2D eigenvalue weighted by Gasteiger charge is 2.07. The van der Waals surface area contributed by atoms with Crippen molar-refractivity contribution in [3.05, 3.63) is 0 Å². The first-order chi connectivity index (χ1) is 12.2. The second-order valence-corrected chi connectivity index (χ2v) is 6.92. The third kappa shape index (κ3) is 19.5. The number of aliphatic hydroxyl groups excluding tert-OH is 2. The molecule has 1 unspecified atom stereocenters. The topological polar surface area (TPSA) is 76.0 Å². The fraction of sp³-hybridized carbons (Fsp3) is 0.950. The standard InChI is InChI=1S/C20H40O5/c1-2-3-4-5-6-7-8-9-10-11-12-13-14-15-16-20(23)25-24-18-19(22)17-21/h19,21-22H,2-18H2,1H3. The molecule has 0 aliphatic rings. The fourth-order valence-corrected chi connectivity index (χ4v) is 2.74. The Morgan fingerprint density at radius 2 is 1.24 bits per heavy atom. The van der Waals surface area contributed by atoms with E-state index in [0.29, 0.717) is 6.42 Å². The molecule has 25 heavy (non-hydrogen) atoms. The van der Waals surface area contributed by atoms with Crippen LogP contribution in [0.5, 0.6) is 0 Å². The first-order valence-corrected chi connectivity index (χ1v) is 10.3. The first-order valence-electron chi connectivity index (χ1n) is 10.3. The van der Waals surface area contributed by atoms with E-state index in [-0.39, 0.29) is 6.61 Å². The normalized spacial score (nSPS) is 12.3. The largest absolute Gasteiger partial charge is 0.394 e. The van der Waals surface area contributed by atoms with Crippen molar-refractivity contribution in [1.82, 2.24) is 0 Å². The monoisotopic (exact) mass is 360 g/mol. The second-order valence-electron chi connectivity index (χ2n) is 6.92. The Morgan fingerprint density at radius 3 is 1.68 bits per heavy atom. The van der Waals surface area contributed by atoms with Crippen LogP contribution in [-0.2, 0) is 14.6 Å². The van der Waals surface area contributed by atoms with E-state index in [4.69, 9.17) is 10.2 Å². The Kier molecular flexibility index (Phi) is 19.2. The van der Waals surface area contributed by atoms with Gasteiger partial charge in [-0.05, 0) is 6.42 Å². The number of aliphatic hydroxyl groups is 2. The molecule has 0 aliphatic carbocycles. The molecular weight excluding hydrogens is 320 g/mol. The maximum atomic E-state index is 11.3. The van der Waals surface area contributed by atoms with Gasteiger partial charge in [0.2, 0.25) is 0 Å². The molecule has 0 radical (unpaired) electrons. The van der Waals surface area contributed by atoms with E-state index < -0.39 is 18.7 Å². The van der Waals surface area contributed by atoms with Crippen molar-refractivity contribution in [3.63, 3.8) is 0 Å². The van der Waals surface area contributed by atoms with E-state index in [1.807, 2.05) is 0 Å². The molecule has 0 amide bonds. The van der Waals surface area contributed by atoms with Gasteiger partial charge in [0, 0.05) is 6.42 Å². The molecule has 0 aromatic heterocycles. The van der Waals surface area contributed by atoms with Gasteiger partial charge >= 0.3 is 5.97 Å². The molecule has 0 fully saturated rings. The predicted octanol–water partition coefficient (Wildman–Crippen LogP) is 4.69. The number of hydrogen-bond donors (Lipinski definition) is 2. The van der Waals surface area contributed by atoms with Crippen molar-refractivity contribution in [3.8, 4) is 0 Å². The summed E-state index contributed by atoms with van der Waals surface area (Å²) < 4.78 is 0. The summed E-state index contributed by atoms with van der Waals surface area (Å²) in [6.07, 6.45) is 17.3. The lowest BCUT2D eigenvalue weighted by molar-refractivity contribution is -0.282. The quantitative estimate of drug-likeness (QED) is 0.199. The summed E-state index contributed by atoms with van der Waals surface area (Å²) in [5, 5.41) is 17.6. The lowest BCUT2D eigenvalue weighted by Gasteiger charge is -2.07. The molecule has 0 saturated heterocycles. The minimum absolute atomic E-state index is 0.193. The van der Waals surface area contributed by atoms with Crippen molar-refractivity contribution in [2.45, 2.75) is 109 Å². The number of hydrogen-bond acceptors (Lipinski definition) is 5. The third-order valence-electron chi connectivity index (χ3n) is 4.36. The Hall–Kier alpha value is -0.650. The maximum absolute atomic E-state index is 11.3. The summed E-state index contributed by atoms with van der Waals surface area (Å²) in [7, 11) is 0. The number of carbonyl (C=O) groups is 1. The molecule has 0 aliphatic heterocycles. The molecular formula is C20H40O5. The van der Waals surface area contributed by atoms with Crippen molar-refractivity contribution >= 4 is 5.97 Å². The Labute approximate surface area is 154 Å². The van der Waals surface area contributed by atoms with Crippen LogP contribution in [0, 0.1) is 0 Å². The molecule has 1 atom stereocenters. The molecule has 0 aromatic carbocycles. The SMILES string of the molecule is CCCCCCCCCCCCCCCCC(=O)OOCC(O)CO. The van der Waals surface area contributed by atoms with Gasteiger partial charge in [-0.25, -0.2) is 4.79 Å². The van der Waals surface area contributed by atoms with Crippen molar-refractivity contribution in [1.29, 1.82) is 0 Å². The Balaban J connectivity index is 3.14. The number of carbonyl (C=O) groups excluding carboxylic acids is 1. The van der Waals surface area contributed by atoms with Gasteiger partial charge in [0.1, 0.15) is 12.7 Å². The Morgan fingerprint density at radius 1 is 0.800 bits per heavy atom. The summed E-state index contributed by atoms with van der Waals surface area (Å²) in [6, 6.07) is 0. The van der Waals surface area contributed by atoms with Crippen LogP contribution in [0.1, 0.15) is 103 Å². The highest BCUT2D eigenvalue weighted by molar-refractivity contribution is 5.68. The summed E-state index contributed by atoms with van der Waals surface area (Å²) in [5.74, 6) is -0.413. The van der Waals surface area contributed by atoms with Crippen LogP contribution >= 0.6 is 0 Å². The molecule has 5 nitrogen and oxygen atoms in total. The Bertz CT molecular complexity index is 283. The van der Waals surface area contributed by atoms with Gasteiger partial charge in [-0.3, -0.25) is 4.89 Å². The van der Waals surface area contributed by atoms with Crippen molar-refractivity contribution < 1.29 is 24.8 Å². The van der Waals surface area contributed by atoms with E-state index in [1.165, 1.54) is 70.6 Å². The fourth-order valence-electron chi connectivity index (χ4n) is 2.74. The average molecular weight is 361 g/mol. The third-order valence-corrected chi connectivity index (χ3v) is 4.36. The minimum atomic E-state index is -1.01. The molecule has 0 spiro atoms. The van der Waals surface area contributed by atoms with Gasteiger partial charge in [-0.15, -0.1) is 0 Å². The number of rotatable bonds is 19. The lowest BCUT2D eigenvalue weighted by atomic mass is 10.0. The predicted molar refractivity (Wildman–Crippen MR) is 100 cm³/mol. The summed E-state index contributed by atoms with van der Waals surface area (Å²) in [6.45, 7) is 1.66. The first kappa shape index (κ1) is 24.4. The molecule has 2 N–H and O–H groups in total. The van der Waals surface area contributed by atoms with Gasteiger partial charge in [0.25, 0.3) is 0 Å². The lowest BCUT2D eigenvalue weighted by Crippen LogP contribution is -2.20. The maximum Gasteiger partial charge on any atom is 0.342 e. The van der Waals surface area contributed by atoms with Gasteiger partial charge in [0.15, 0.2) is 0 Å². The smallest absolute Gasteiger partial charge is 0.342 e. The zero-order valence-corrected chi connectivity index (χ0v) is 16.2. The van der Waals surface area contributed by atoms with Crippen LogP contribution in [0.2, 0.25) is 0 Å². The molecule has 0 bridgehead atoms. The van der Waals surface area contributed by atoms with E-state index in [1.54, 1.807) is 0 Å². The minimum Gasteiger partial charge on any atom is -0.394 e. The highest BCUT2D eigenvalue weighted by atomic mass is 17.2. The van der Waals surface area contributed by atoms with E-state index in [2.05, 4.69) is 16.7 Å². The van der Waals surface area contributed by atoms with Crippen LogP contribution in [0.25, 0.3) is 0 Å². The van der Waals surface area contributed by atoms with Crippen LogP contribution in [0.4, 0.5) is 0 Å². The van der Waals surface area contributed by atoms with Crippen molar-refractivity contribution in [2.75, 3.05) is 13.2 Å². The summed E-state index contributed by atoms with van der Waals surface area (Å²) in [5.41, 5.74) is 0. The van der Waals surface area contributed by atoms with Crippen LogP contribution in [0.15, 0.2) is 0 Å². The second kappa shape index (κ2) is 19.7. The number of unbranched alkanes of at least 4 members (excludes halogenated alkanes) is 13. The molecule has 5 heteroatoms. The van der Waals surface area contributed by atoms with Gasteiger partial charge in [0.05, 0.1) is 6.61 Å². The van der Waals surface area contributed by atoms with Crippen LogP contribution in [-0.4, -0.2) is 35.5 Å². The highest BCUT2D eigenvalue weighted by Crippen LogP contribution is 2.13. The molecule has 0 saturated carbocycles. The summed E-state index contributed by atoms with van der Waals surface area (Å²) >= 11 is 0. The summed E-state index contributed by atoms with van der Waals surface area (Å²) in [4.78, 5) is 20.4.